The molecule has 3 aromatic rings. The number of likely N-dealkylation sites (tertiary alicyclic amines) is 1. The normalized spacial score (nSPS) is 21.1. The van der Waals surface area contributed by atoms with E-state index in [1.165, 1.54) is 0 Å². The van der Waals surface area contributed by atoms with Crippen LogP contribution in [0.15, 0.2) is 41.7 Å². The minimum Gasteiger partial charge on any atom is -0.338 e. The van der Waals surface area contributed by atoms with Crippen molar-refractivity contribution in [2.75, 3.05) is 13.1 Å². The molecule has 0 unspecified atom stereocenters. The molecule has 1 amide bonds. The summed E-state index contributed by atoms with van der Waals surface area (Å²) in [5.41, 5.74) is 2.22. The smallest absolute Gasteiger partial charge is 0.261 e. The molecule has 2 bridgehead atoms. The van der Waals surface area contributed by atoms with Gasteiger partial charge >= 0.3 is 0 Å². The molecule has 0 spiro atoms. The lowest BCUT2D eigenvalue weighted by molar-refractivity contribution is 0.0595. The molecule has 2 aliphatic rings. The first-order valence-electron chi connectivity index (χ1n) is 9.11. The first-order chi connectivity index (χ1) is 13.1. The lowest BCUT2D eigenvalue weighted by Crippen LogP contribution is -2.49. The van der Waals surface area contributed by atoms with Crippen LogP contribution in [-0.4, -0.2) is 48.2 Å². The van der Waals surface area contributed by atoms with Gasteiger partial charge in [-0.2, -0.15) is 5.10 Å². The second kappa shape index (κ2) is 5.94. The minimum atomic E-state index is -0.00104. The summed E-state index contributed by atoms with van der Waals surface area (Å²) in [5, 5.41) is 6.57. The number of amides is 1. The maximum absolute atomic E-state index is 13.1. The summed E-state index contributed by atoms with van der Waals surface area (Å²) in [6.07, 6.45) is 7.74. The van der Waals surface area contributed by atoms with Crippen LogP contribution in [0.4, 0.5) is 0 Å². The molecule has 138 valence electrons. The van der Waals surface area contributed by atoms with Gasteiger partial charge in [-0.15, -0.1) is 0 Å². The number of nitrogens with one attached hydrogen (secondary N) is 1. The summed E-state index contributed by atoms with van der Waals surface area (Å²) in [6, 6.07) is 3.89. The van der Waals surface area contributed by atoms with Crippen LogP contribution in [0.1, 0.15) is 28.4 Å². The molecule has 8 nitrogen and oxygen atoms in total. The number of pyridine rings is 1. The van der Waals surface area contributed by atoms with Gasteiger partial charge in [0.25, 0.3) is 11.5 Å². The Kier molecular flexibility index (Phi) is 3.53. The third-order valence-corrected chi connectivity index (χ3v) is 5.70. The Bertz CT molecular complexity index is 1060. The fourth-order valence-electron chi connectivity index (χ4n) is 4.46. The molecule has 5 rings (SSSR count). The van der Waals surface area contributed by atoms with Gasteiger partial charge in [0, 0.05) is 56.9 Å². The Hall–Kier alpha value is -3.16. The van der Waals surface area contributed by atoms with E-state index in [0.29, 0.717) is 36.6 Å². The van der Waals surface area contributed by atoms with Gasteiger partial charge in [0.05, 0.1) is 17.3 Å². The highest BCUT2D eigenvalue weighted by atomic mass is 16.2. The number of aryl methyl sites for hydroxylation is 1. The first kappa shape index (κ1) is 16.0. The van der Waals surface area contributed by atoms with Crippen LogP contribution in [0.5, 0.6) is 0 Å². The summed E-state index contributed by atoms with van der Waals surface area (Å²) in [4.78, 5) is 32.0. The van der Waals surface area contributed by atoms with E-state index in [4.69, 9.17) is 0 Å². The Labute approximate surface area is 155 Å². The van der Waals surface area contributed by atoms with E-state index >= 15 is 0 Å². The number of carbonyl (C=O) groups is 1. The first-order valence-corrected chi connectivity index (χ1v) is 9.11. The molecule has 3 aromatic heterocycles. The average Bonchev–Trinajstić information content (AvgIpc) is 3.34. The molecule has 0 aromatic carbocycles. The van der Waals surface area contributed by atoms with Crippen molar-refractivity contribution in [1.82, 2.24) is 29.2 Å². The number of hydrogen-bond acceptors (Lipinski definition) is 4. The Morgan fingerprint density at radius 2 is 2.15 bits per heavy atom. The summed E-state index contributed by atoms with van der Waals surface area (Å²) in [7, 11) is 1.89. The fraction of sp³-hybridized carbons (Fsp3) is 0.368. The number of aromatic amines is 1. The largest absolute Gasteiger partial charge is 0.338 e. The van der Waals surface area contributed by atoms with E-state index < -0.39 is 0 Å². The molecule has 0 radical (unpaired) electrons. The highest BCUT2D eigenvalue weighted by molar-refractivity contribution is 5.93. The van der Waals surface area contributed by atoms with Gasteiger partial charge in [-0.3, -0.25) is 14.7 Å². The molecule has 1 saturated heterocycles. The molecule has 1 fully saturated rings. The Morgan fingerprint density at radius 1 is 1.26 bits per heavy atom. The number of imidazole rings is 1. The van der Waals surface area contributed by atoms with Gasteiger partial charge in [0.1, 0.15) is 5.82 Å². The Balaban J connectivity index is 1.50. The molecular formula is C19H20N6O2. The van der Waals surface area contributed by atoms with Gasteiger partial charge < -0.3 is 14.0 Å². The zero-order valence-corrected chi connectivity index (χ0v) is 15.0. The molecule has 1 N–H and O–H groups in total. The molecule has 0 saturated carbocycles. The summed E-state index contributed by atoms with van der Waals surface area (Å²) >= 11 is 0. The minimum absolute atomic E-state index is 0.00104. The summed E-state index contributed by atoms with van der Waals surface area (Å²) in [5.74, 6) is 1.14. The van der Waals surface area contributed by atoms with Crippen LogP contribution in [0, 0.1) is 5.92 Å². The molecule has 27 heavy (non-hydrogen) atoms. The van der Waals surface area contributed by atoms with Crippen LogP contribution in [0.25, 0.3) is 11.4 Å². The molecule has 0 aliphatic carbocycles. The maximum Gasteiger partial charge on any atom is 0.261 e. The van der Waals surface area contributed by atoms with Crippen LogP contribution in [-0.2, 0) is 13.6 Å². The van der Waals surface area contributed by atoms with Gasteiger partial charge in [-0.1, -0.05) is 0 Å². The van der Waals surface area contributed by atoms with E-state index in [-0.39, 0.29) is 23.3 Å². The number of hydrogen-bond donors (Lipinski definition) is 1. The van der Waals surface area contributed by atoms with Crippen molar-refractivity contribution in [3.63, 3.8) is 0 Å². The number of aromatic nitrogens is 5. The molecule has 8 heteroatoms. The van der Waals surface area contributed by atoms with Crippen LogP contribution in [0.2, 0.25) is 0 Å². The predicted octanol–water partition coefficient (Wildman–Crippen LogP) is 1.23. The lowest BCUT2D eigenvalue weighted by Gasteiger charge is -2.42. The highest BCUT2D eigenvalue weighted by Crippen LogP contribution is 2.36. The van der Waals surface area contributed by atoms with Crippen molar-refractivity contribution in [3.8, 4) is 11.4 Å². The molecule has 2 aliphatic heterocycles. The third kappa shape index (κ3) is 2.51. The van der Waals surface area contributed by atoms with Gasteiger partial charge in [0.15, 0.2) is 0 Å². The zero-order chi connectivity index (χ0) is 18.5. The van der Waals surface area contributed by atoms with Crippen LogP contribution >= 0.6 is 0 Å². The number of carbonyl (C=O) groups excluding carboxylic acids is 1. The van der Waals surface area contributed by atoms with Crippen LogP contribution < -0.4 is 5.56 Å². The van der Waals surface area contributed by atoms with Gasteiger partial charge in [-0.25, -0.2) is 4.98 Å². The molecule has 2 atom stereocenters. The van der Waals surface area contributed by atoms with Gasteiger partial charge in [0.2, 0.25) is 0 Å². The predicted molar refractivity (Wildman–Crippen MR) is 98.2 cm³/mol. The maximum atomic E-state index is 13.1. The highest BCUT2D eigenvalue weighted by Gasteiger charge is 2.37. The molecular weight excluding hydrogens is 344 g/mol. The van der Waals surface area contributed by atoms with Gasteiger partial charge in [-0.05, 0) is 24.5 Å². The zero-order valence-electron chi connectivity index (χ0n) is 15.0. The van der Waals surface area contributed by atoms with E-state index in [2.05, 4.69) is 15.2 Å². The van der Waals surface area contributed by atoms with Crippen molar-refractivity contribution in [2.45, 2.75) is 18.9 Å². The number of piperidine rings is 1. The second-order valence-corrected chi connectivity index (χ2v) is 7.45. The van der Waals surface area contributed by atoms with E-state index in [0.717, 1.165) is 12.1 Å². The van der Waals surface area contributed by atoms with Crippen molar-refractivity contribution in [3.05, 3.63) is 58.5 Å². The second-order valence-electron chi connectivity index (χ2n) is 7.45. The summed E-state index contributed by atoms with van der Waals surface area (Å²) < 4.78 is 3.75. The number of fused-ring (bicyclic) bond motifs is 4. The van der Waals surface area contributed by atoms with E-state index in [1.807, 2.05) is 39.4 Å². The van der Waals surface area contributed by atoms with Crippen molar-refractivity contribution in [1.29, 1.82) is 0 Å². The van der Waals surface area contributed by atoms with Crippen molar-refractivity contribution >= 4 is 5.91 Å². The fourth-order valence-corrected chi connectivity index (χ4v) is 4.46. The SMILES string of the molecule is Cn1ccnc1-c1ccc2n(c1=O)C[C@H]1C[C@@H]2CN(C(=O)c2cn[nH]c2)C1. The standard InChI is InChI=1S/C19H20N6O2/c1-23-5-4-20-17(23)15-2-3-16-13-6-12(10-25(16)19(15)27)9-24(11-13)18(26)14-7-21-22-8-14/h2-5,7-8,12-13H,6,9-11H2,1H3,(H,21,22)/t12-,13+/m0/s1. The van der Waals surface area contributed by atoms with E-state index in [1.54, 1.807) is 18.6 Å². The Morgan fingerprint density at radius 3 is 2.89 bits per heavy atom. The number of nitrogens with zero attached hydrogens (tertiary/aromatic N) is 5. The van der Waals surface area contributed by atoms with Crippen molar-refractivity contribution in [2.24, 2.45) is 13.0 Å². The topological polar surface area (TPSA) is 88.8 Å². The average molecular weight is 364 g/mol. The monoisotopic (exact) mass is 364 g/mol. The quantitative estimate of drug-likeness (QED) is 0.741. The number of H-pyrrole nitrogens is 1. The van der Waals surface area contributed by atoms with Crippen LogP contribution in [0.3, 0.4) is 0 Å². The van der Waals surface area contributed by atoms with Crippen molar-refractivity contribution < 1.29 is 4.79 Å². The third-order valence-electron chi connectivity index (χ3n) is 5.70. The number of rotatable bonds is 2. The lowest BCUT2D eigenvalue weighted by atomic mass is 9.82. The summed E-state index contributed by atoms with van der Waals surface area (Å²) in [6.45, 7) is 1.93. The van der Waals surface area contributed by atoms with E-state index in [9.17, 15) is 9.59 Å². The molecule has 5 heterocycles.